The van der Waals surface area contributed by atoms with Crippen LogP contribution >= 0.6 is 11.1 Å². The molecule has 15 nitrogen and oxygen atoms in total. The maximum absolute atomic E-state index is 9.02. The molecule has 3 fully saturated rings. The van der Waals surface area contributed by atoms with Crippen molar-refractivity contribution in [2.75, 3.05) is 0 Å². The molecule has 0 aliphatic carbocycles. The van der Waals surface area contributed by atoms with Crippen molar-refractivity contribution in [3.8, 4) is 11.4 Å². The van der Waals surface area contributed by atoms with Gasteiger partial charge in [-0.05, 0) is 208 Å². The Morgan fingerprint density at radius 2 is 0.839 bits per heavy atom. The Morgan fingerprint density at radius 1 is 0.506 bits per heavy atom. The Bertz CT molecular complexity index is 2450. The van der Waals surface area contributed by atoms with E-state index < -0.39 is 57.4 Å². The second kappa shape index (κ2) is 29.7. The monoisotopic (exact) mass is 1290 g/mol. The molecule has 8 heterocycles. The Hall–Kier alpha value is -2.34. The zero-order valence-electron chi connectivity index (χ0n) is 59.9. The molecule has 0 unspecified atom stereocenters. The highest BCUT2D eigenvalue weighted by molar-refractivity contribution is 7.18. The van der Waals surface area contributed by atoms with Gasteiger partial charge in [-0.1, -0.05) is 75.0 Å². The van der Waals surface area contributed by atoms with Crippen LogP contribution in [0.3, 0.4) is 0 Å². The molecule has 0 bridgehead atoms. The van der Waals surface area contributed by atoms with Crippen LogP contribution in [0.25, 0.3) is 11.4 Å². The molecule has 22 heteroatoms. The molecule has 0 saturated carbocycles. The predicted molar refractivity (Wildman–Crippen MR) is 367 cm³/mol. The molecule has 8 rings (SSSR count). The zero-order chi connectivity index (χ0) is 67.3. The van der Waals surface area contributed by atoms with E-state index in [1.807, 2.05) is 67.8 Å². The van der Waals surface area contributed by atoms with Crippen molar-refractivity contribution in [3.05, 3.63) is 84.2 Å². The Balaban J connectivity index is 0.000000285. The number of aliphatic hydroxyl groups is 2. The average molecular weight is 1290 g/mol. The van der Waals surface area contributed by atoms with Gasteiger partial charge < -0.3 is 61.2 Å². The molecule has 2 aromatic heterocycles. The third-order valence-electron chi connectivity index (χ3n) is 16.5. The summed E-state index contributed by atoms with van der Waals surface area (Å²) in [6, 6.07) is 8.46. The molecule has 9 atom stereocenters. The maximum Gasteiger partial charge on any atom is 0.531 e. The topological polar surface area (TPSA) is 168 Å². The van der Waals surface area contributed by atoms with Crippen LogP contribution in [0.5, 0.6) is 0 Å². The van der Waals surface area contributed by atoms with E-state index in [9.17, 15) is 0 Å². The minimum atomic E-state index is -1.60. The molecular formula is C65H118B3ClN2O13Si3. The van der Waals surface area contributed by atoms with Gasteiger partial charge in [-0.15, -0.1) is 0 Å². The van der Waals surface area contributed by atoms with Crippen LogP contribution < -0.4 is 0 Å². The van der Waals surface area contributed by atoms with Gasteiger partial charge in [0.1, 0.15) is 43.6 Å². The number of nitrogens with zero attached hydrogens (tertiary/aromatic N) is 2. The fourth-order valence-electron chi connectivity index (χ4n) is 9.12. The molecule has 2 N–H and O–H groups in total. The van der Waals surface area contributed by atoms with E-state index in [0.29, 0.717) is 5.92 Å². The number of aromatic nitrogens is 2. The molecule has 2 aromatic rings. The van der Waals surface area contributed by atoms with Crippen molar-refractivity contribution in [2.24, 2.45) is 11.8 Å². The Kier molecular flexibility index (Phi) is 27.0. The predicted octanol–water partition coefficient (Wildman–Crippen LogP) is 15.2. The number of rotatable bonds is 7. The summed E-state index contributed by atoms with van der Waals surface area (Å²) in [4.78, 5) is 8.97. The third-order valence-corrected chi connectivity index (χ3v) is 18.5. The molecule has 494 valence electrons. The van der Waals surface area contributed by atoms with Gasteiger partial charge in [0.15, 0.2) is 16.6 Å². The number of ether oxygens (including phenoxy) is 3. The fourth-order valence-corrected chi connectivity index (χ4v) is 11.6. The van der Waals surface area contributed by atoms with Crippen molar-refractivity contribution in [1.82, 2.24) is 9.97 Å². The first-order valence-electron chi connectivity index (χ1n) is 31.4. The first-order chi connectivity index (χ1) is 39.0. The van der Waals surface area contributed by atoms with E-state index in [-0.39, 0.29) is 80.9 Å². The van der Waals surface area contributed by atoms with Gasteiger partial charge in [0.2, 0.25) is 0 Å². The van der Waals surface area contributed by atoms with Crippen LogP contribution in [0.1, 0.15) is 170 Å². The van der Waals surface area contributed by atoms with Gasteiger partial charge >= 0.3 is 21.1 Å². The molecular weight excluding hydrogens is 1170 g/mol. The lowest BCUT2D eigenvalue weighted by Crippen LogP contribution is -2.46. The van der Waals surface area contributed by atoms with Crippen LogP contribution in [0.15, 0.2) is 73.1 Å². The lowest BCUT2D eigenvalue weighted by molar-refractivity contribution is -0.0543. The van der Waals surface area contributed by atoms with Crippen LogP contribution in [0, 0.1) is 11.8 Å². The number of aliphatic hydroxyl groups excluding tert-OH is 2. The van der Waals surface area contributed by atoms with Crippen LogP contribution in [0.4, 0.5) is 0 Å². The number of pyridine rings is 2. The van der Waals surface area contributed by atoms with Crippen LogP contribution in [-0.2, 0) is 61.8 Å². The second-order valence-electron chi connectivity index (χ2n) is 32.1. The molecule has 3 saturated heterocycles. The van der Waals surface area contributed by atoms with E-state index in [1.54, 1.807) is 13.2 Å². The molecule has 0 radical (unpaired) electrons. The summed E-state index contributed by atoms with van der Waals surface area (Å²) in [5.74, 6) is 0.750. The van der Waals surface area contributed by atoms with Gasteiger partial charge in [0.05, 0.1) is 69.7 Å². The molecule has 87 heavy (non-hydrogen) atoms. The van der Waals surface area contributed by atoms with Crippen molar-refractivity contribution < 1.29 is 61.2 Å². The number of hydrogen-bond donors (Lipinski definition) is 2. The van der Waals surface area contributed by atoms with Crippen LogP contribution in [-0.4, -0.2) is 142 Å². The van der Waals surface area contributed by atoms with E-state index in [1.165, 1.54) is 23.5 Å². The zero-order valence-corrected chi connectivity index (χ0v) is 63.7. The lowest BCUT2D eigenvalue weighted by atomic mass is 9.49. The third kappa shape index (κ3) is 23.9. The van der Waals surface area contributed by atoms with Gasteiger partial charge in [-0.25, -0.2) is 0 Å². The van der Waals surface area contributed by atoms with E-state index in [4.69, 9.17) is 72.3 Å². The summed E-state index contributed by atoms with van der Waals surface area (Å²) >= 11 is 5.67. The Morgan fingerprint density at radius 3 is 1.15 bits per heavy atom. The van der Waals surface area contributed by atoms with Crippen molar-refractivity contribution in [3.63, 3.8) is 0 Å². The minimum Gasteiger partial charge on any atom is -0.496 e. The summed E-state index contributed by atoms with van der Waals surface area (Å²) in [6.07, 6.45) is 11.2. The summed E-state index contributed by atoms with van der Waals surface area (Å²) in [6.45, 7) is 67.5. The summed E-state index contributed by atoms with van der Waals surface area (Å²) in [5, 5.41) is 18.0. The average Bonchev–Trinajstić information content (AvgIpc) is 1.71. The van der Waals surface area contributed by atoms with E-state index in [2.05, 4.69) is 202 Å². The van der Waals surface area contributed by atoms with Crippen molar-refractivity contribution in [2.45, 2.75) is 305 Å². The summed E-state index contributed by atoms with van der Waals surface area (Å²) in [7, 11) is -5.56. The normalized spacial score (nSPS) is 28.4. The maximum atomic E-state index is 9.02. The van der Waals surface area contributed by atoms with Gasteiger partial charge in [0, 0.05) is 24.2 Å². The highest BCUT2D eigenvalue weighted by Gasteiger charge is 2.64. The number of hydrogen-bond acceptors (Lipinski definition) is 15. The first kappa shape index (κ1) is 78.9. The van der Waals surface area contributed by atoms with Gasteiger partial charge in [0.25, 0.3) is 0 Å². The quantitative estimate of drug-likeness (QED) is 0.198. The molecule has 0 aromatic carbocycles. The molecule has 0 amide bonds. The second-order valence-corrected chi connectivity index (χ2v) is 48.5. The minimum absolute atomic E-state index is 0.000694. The first-order valence-corrected chi connectivity index (χ1v) is 42.8. The van der Waals surface area contributed by atoms with E-state index in [0.717, 1.165) is 17.0 Å². The SMILES string of the molecule is CC(C)(C)c1ccnc(-c2cc(C(C)(C)C)ccn2)c1.CC1(C)OB(B2OC(C)(C)C(C)(C)O2)OC1(C)C.C[C@@H]1OC(B2OC(C)(C)C(C)(C)O2)=C[C@H](C)[C@H]1O[Si](C)(C)C.C[C@@H]1OC=C[C@H](C)[C@H]1O[Si](C)(C)C.C[C@@H]1OC=C[C@H](O)[C@H]1O.C[Si](C)(C)Cl. The number of halogens is 1. The largest absolute Gasteiger partial charge is 0.531 e. The van der Waals surface area contributed by atoms with Gasteiger partial charge in [-0.2, -0.15) is 11.1 Å². The molecule has 6 aliphatic rings. The smallest absolute Gasteiger partial charge is 0.496 e. The summed E-state index contributed by atoms with van der Waals surface area (Å²) in [5.41, 5.74) is 3.36. The fraction of sp³-hybridized carbons (Fsp3) is 0.754. The van der Waals surface area contributed by atoms with Gasteiger partial charge in [-0.3, -0.25) is 9.97 Å². The molecule has 0 spiro atoms. The highest BCUT2D eigenvalue weighted by Crippen LogP contribution is 2.44. The lowest BCUT2D eigenvalue weighted by Gasteiger charge is -2.38. The molecule has 6 aliphatic heterocycles. The highest BCUT2D eigenvalue weighted by atomic mass is 35.6. The standard InChI is InChI=1S/C18H24N2.C16H31BO4Si.C12H24B2O4.C10H20O2Si.C6H10O3.C3H9ClSi/c1-17(2,3)13-7-9-19-15(11-13)16-12-14(8-10-20-16)18(4,5)6;1-11-10-13(17-20-15(3,4)16(5,6)21-17)18-12(2)14(11)19-22(7,8)9;1-9(2)10(3,4)16-13(15-9)14-17-11(5,6)12(7,8)18-14;1-8-6-7-11-9(2)10(8)12-13(3,4)5;1-4-6(8)5(7)2-3-9-4;1-5(2,3)4/h7-12H,1-6H3;10-12,14H,1-9H3;1-8H3;6-10H,1-5H3;2-8H,1H3;1-3H3/t;11-,12-,14+;;8-,9-,10+;4-,5-,6-;/m.0.00./s1. The Labute approximate surface area is 537 Å². The van der Waals surface area contributed by atoms with Crippen LogP contribution in [0.2, 0.25) is 58.9 Å². The summed E-state index contributed by atoms with van der Waals surface area (Å²) < 4.78 is 64.8. The van der Waals surface area contributed by atoms with Crippen molar-refractivity contribution in [1.29, 1.82) is 0 Å². The van der Waals surface area contributed by atoms with E-state index >= 15 is 0 Å². The van der Waals surface area contributed by atoms with Crippen molar-refractivity contribution >= 4 is 56.2 Å².